The second-order valence-electron chi connectivity index (χ2n) is 8.14. The normalized spacial score (nSPS) is 20.3. The van der Waals surface area contributed by atoms with Gasteiger partial charge in [0.2, 0.25) is 5.95 Å². The van der Waals surface area contributed by atoms with Crippen LogP contribution < -0.4 is 10.9 Å². The van der Waals surface area contributed by atoms with E-state index in [-0.39, 0.29) is 11.6 Å². The molecule has 4 aromatic rings. The molecule has 3 heterocycles. The molecule has 0 spiro atoms. The first-order valence-corrected chi connectivity index (χ1v) is 10.1. The first kappa shape index (κ1) is 17.9. The molecule has 0 radical (unpaired) electrons. The van der Waals surface area contributed by atoms with Crippen molar-refractivity contribution in [2.45, 2.75) is 18.4 Å². The van der Waals surface area contributed by atoms with Gasteiger partial charge in [-0.3, -0.25) is 9.36 Å². The van der Waals surface area contributed by atoms with Crippen molar-refractivity contribution >= 4 is 27.8 Å². The van der Waals surface area contributed by atoms with Gasteiger partial charge in [-0.15, -0.1) is 0 Å². The molecule has 6 heteroatoms. The molecule has 2 N–H and O–H groups in total. The lowest BCUT2D eigenvalue weighted by atomic mass is 9.87. The summed E-state index contributed by atoms with van der Waals surface area (Å²) in [5, 5.41) is 6.09. The Bertz CT molecular complexity index is 1240. The van der Waals surface area contributed by atoms with E-state index in [1.807, 2.05) is 6.07 Å². The number of hydrogen-bond donors (Lipinski definition) is 2. The Morgan fingerprint density at radius 1 is 1.07 bits per heavy atom. The fraction of sp³-hybridized carbons (Fsp3) is 0.304. The summed E-state index contributed by atoms with van der Waals surface area (Å²) in [4.78, 5) is 22.6. The molecule has 2 aromatic carbocycles. The average Bonchev–Trinajstić information content (AvgIpc) is 3.20. The summed E-state index contributed by atoms with van der Waals surface area (Å²) in [5.41, 5.74) is 2.56. The maximum atomic E-state index is 12.6. The SMILES string of the molecule is CN1C[C@H](Nc2nc3cc[nH]c3c(=O)n2C)C[C@H](c2ccc3ccccc3c2)C1. The second-order valence-corrected chi connectivity index (χ2v) is 8.14. The smallest absolute Gasteiger partial charge is 0.278 e. The third-order valence-corrected chi connectivity index (χ3v) is 6.00. The summed E-state index contributed by atoms with van der Waals surface area (Å²) >= 11 is 0. The molecule has 1 aliphatic rings. The number of nitrogens with zero attached hydrogens (tertiary/aromatic N) is 3. The maximum absolute atomic E-state index is 12.6. The lowest BCUT2D eigenvalue weighted by Gasteiger charge is -2.36. The lowest BCUT2D eigenvalue weighted by molar-refractivity contribution is 0.235. The van der Waals surface area contributed by atoms with Gasteiger partial charge in [0.15, 0.2) is 0 Å². The molecule has 1 fully saturated rings. The van der Waals surface area contributed by atoms with E-state index in [2.05, 4.69) is 69.7 Å². The quantitative estimate of drug-likeness (QED) is 0.566. The van der Waals surface area contributed by atoms with Gasteiger partial charge in [0.05, 0.1) is 5.52 Å². The van der Waals surface area contributed by atoms with Crippen LogP contribution >= 0.6 is 0 Å². The number of likely N-dealkylation sites (tertiary alicyclic amines) is 1. The van der Waals surface area contributed by atoms with Crippen LogP contribution in [0.1, 0.15) is 17.9 Å². The molecule has 0 bridgehead atoms. The van der Waals surface area contributed by atoms with Gasteiger partial charge >= 0.3 is 0 Å². The summed E-state index contributed by atoms with van der Waals surface area (Å²) in [6, 6.07) is 17.3. The Morgan fingerprint density at radius 3 is 2.76 bits per heavy atom. The number of anilines is 1. The van der Waals surface area contributed by atoms with E-state index in [4.69, 9.17) is 0 Å². The van der Waals surface area contributed by atoms with Crippen LogP contribution in [0.5, 0.6) is 0 Å². The van der Waals surface area contributed by atoms with Crippen LogP contribution in [0.3, 0.4) is 0 Å². The third-order valence-electron chi connectivity index (χ3n) is 6.00. The number of benzene rings is 2. The van der Waals surface area contributed by atoms with Crippen molar-refractivity contribution in [3.8, 4) is 0 Å². The first-order valence-electron chi connectivity index (χ1n) is 10.1. The van der Waals surface area contributed by atoms with Crippen molar-refractivity contribution in [3.63, 3.8) is 0 Å². The van der Waals surface area contributed by atoms with Crippen molar-refractivity contribution in [1.82, 2.24) is 19.4 Å². The van der Waals surface area contributed by atoms with Crippen molar-refractivity contribution in [2.75, 3.05) is 25.5 Å². The van der Waals surface area contributed by atoms with Gasteiger partial charge in [-0.2, -0.15) is 0 Å². The standard InChI is InChI=1S/C23H25N5O/c1-27-13-18(17-8-7-15-5-3-4-6-16(15)11-17)12-19(14-27)25-23-26-20-9-10-24-21(20)22(29)28(23)2/h3-11,18-19,24H,12-14H2,1-2H3,(H,25,26)/t18-,19+/m0/s1. The van der Waals surface area contributed by atoms with Gasteiger partial charge in [-0.1, -0.05) is 42.5 Å². The molecule has 148 valence electrons. The molecule has 0 saturated carbocycles. The molecule has 29 heavy (non-hydrogen) atoms. The molecule has 0 unspecified atom stereocenters. The highest BCUT2D eigenvalue weighted by atomic mass is 16.1. The maximum Gasteiger partial charge on any atom is 0.278 e. The Hall–Kier alpha value is -3.12. The van der Waals surface area contributed by atoms with E-state index < -0.39 is 0 Å². The summed E-state index contributed by atoms with van der Waals surface area (Å²) in [5.74, 6) is 1.06. The van der Waals surface area contributed by atoms with E-state index in [0.29, 0.717) is 22.9 Å². The Labute approximate surface area is 169 Å². The van der Waals surface area contributed by atoms with Crippen molar-refractivity contribution in [2.24, 2.45) is 7.05 Å². The summed E-state index contributed by atoms with van der Waals surface area (Å²) < 4.78 is 1.60. The highest BCUT2D eigenvalue weighted by molar-refractivity contribution is 5.83. The number of nitrogens with one attached hydrogen (secondary N) is 2. The average molecular weight is 387 g/mol. The van der Waals surface area contributed by atoms with Crippen molar-refractivity contribution in [3.05, 3.63) is 70.6 Å². The van der Waals surface area contributed by atoms with Gasteiger partial charge in [0, 0.05) is 32.4 Å². The Morgan fingerprint density at radius 2 is 1.90 bits per heavy atom. The molecule has 0 aliphatic carbocycles. The van der Waals surface area contributed by atoms with Gasteiger partial charge in [-0.05, 0) is 41.8 Å². The number of hydrogen-bond acceptors (Lipinski definition) is 4. The highest BCUT2D eigenvalue weighted by Crippen LogP contribution is 2.30. The highest BCUT2D eigenvalue weighted by Gasteiger charge is 2.27. The van der Waals surface area contributed by atoms with Crippen LogP contribution in [0.15, 0.2) is 59.5 Å². The zero-order chi connectivity index (χ0) is 20.0. The largest absolute Gasteiger partial charge is 0.355 e. The van der Waals surface area contributed by atoms with Crippen molar-refractivity contribution < 1.29 is 0 Å². The van der Waals surface area contributed by atoms with Crippen LogP contribution in [0.4, 0.5) is 5.95 Å². The number of likely N-dealkylation sites (N-methyl/N-ethyl adjacent to an activating group) is 1. The Balaban J connectivity index is 1.42. The van der Waals surface area contributed by atoms with Gasteiger partial charge in [0.25, 0.3) is 5.56 Å². The zero-order valence-corrected chi connectivity index (χ0v) is 16.7. The lowest BCUT2D eigenvalue weighted by Crippen LogP contribution is -2.44. The predicted octanol–water partition coefficient (Wildman–Crippen LogP) is 3.31. The summed E-state index contributed by atoms with van der Waals surface area (Å²) in [6.45, 7) is 1.95. The van der Waals surface area contributed by atoms with Crippen LogP contribution in [-0.2, 0) is 7.05 Å². The first-order chi connectivity index (χ1) is 14.1. The number of aromatic amines is 1. The second kappa shape index (κ2) is 7.04. The van der Waals surface area contributed by atoms with Crippen LogP contribution in [0.2, 0.25) is 0 Å². The van der Waals surface area contributed by atoms with E-state index in [1.54, 1.807) is 17.8 Å². The van der Waals surface area contributed by atoms with Crippen molar-refractivity contribution in [1.29, 1.82) is 0 Å². The predicted molar refractivity (Wildman–Crippen MR) is 118 cm³/mol. The molecule has 5 rings (SSSR count). The third kappa shape index (κ3) is 3.29. The number of rotatable bonds is 3. The molecule has 6 nitrogen and oxygen atoms in total. The van der Waals surface area contributed by atoms with Crippen LogP contribution in [0, 0.1) is 0 Å². The number of fused-ring (bicyclic) bond motifs is 2. The molecule has 2 atom stereocenters. The minimum absolute atomic E-state index is 0.0576. The minimum atomic E-state index is -0.0576. The molecular formula is C23H25N5O. The van der Waals surface area contributed by atoms with Crippen LogP contribution in [0.25, 0.3) is 21.8 Å². The molecule has 1 saturated heterocycles. The topological polar surface area (TPSA) is 66.0 Å². The van der Waals surface area contributed by atoms with Gasteiger partial charge < -0.3 is 15.2 Å². The fourth-order valence-corrected chi connectivity index (χ4v) is 4.52. The Kier molecular flexibility index (Phi) is 4.36. The summed E-state index contributed by atoms with van der Waals surface area (Å²) in [7, 11) is 3.93. The number of aromatic nitrogens is 3. The van der Waals surface area contributed by atoms with E-state index in [0.717, 1.165) is 19.5 Å². The summed E-state index contributed by atoms with van der Waals surface area (Å²) in [6.07, 6.45) is 2.76. The number of piperidine rings is 1. The fourth-order valence-electron chi connectivity index (χ4n) is 4.52. The monoisotopic (exact) mass is 387 g/mol. The van der Waals surface area contributed by atoms with E-state index in [1.165, 1.54) is 16.3 Å². The van der Waals surface area contributed by atoms with Gasteiger partial charge in [-0.25, -0.2) is 4.98 Å². The molecule has 1 aliphatic heterocycles. The molecular weight excluding hydrogens is 362 g/mol. The van der Waals surface area contributed by atoms with Crippen LogP contribution in [-0.4, -0.2) is 45.6 Å². The number of H-pyrrole nitrogens is 1. The minimum Gasteiger partial charge on any atom is -0.355 e. The van der Waals surface area contributed by atoms with Gasteiger partial charge in [0.1, 0.15) is 5.52 Å². The zero-order valence-electron chi connectivity index (χ0n) is 16.7. The molecule has 2 aromatic heterocycles. The van der Waals surface area contributed by atoms with E-state index in [9.17, 15) is 4.79 Å². The molecule has 0 amide bonds. The van der Waals surface area contributed by atoms with E-state index >= 15 is 0 Å².